The molecule has 9 heteroatoms. The number of hydrogen-bond donors (Lipinski definition) is 0. The lowest BCUT2D eigenvalue weighted by molar-refractivity contribution is -0.143. The maximum absolute atomic E-state index is 12.5. The molecule has 0 spiro atoms. The topological polar surface area (TPSA) is 39.2 Å². The van der Waals surface area contributed by atoms with Crippen LogP contribution in [0.2, 0.25) is 0 Å². The molecule has 0 unspecified atom stereocenters. The maximum atomic E-state index is 12.5. The Labute approximate surface area is 111 Å². The summed E-state index contributed by atoms with van der Waals surface area (Å²) in [5.74, 6) is -1.12. The molecule has 3 nitrogen and oxygen atoms in total. The third kappa shape index (κ3) is 3.06. The first-order valence-electron chi connectivity index (χ1n) is 4.32. The Morgan fingerprint density at radius 1 is 1.44 bits per heavy atom. The molecule has 0 amide bonds. The SMILES string of the molecule is COC(=O)c1nc(C(F)(F)F)c(C(F)F)cc1I. The standard InChI is InChI=1S/C9H5F5INO2/c1-18-8(17)5-4(15)2-3(7(10)11)6(16-5)9(12,13)14/h2,7H,1H3. The van der Waals surface area contributed by atoms with E-state index in [-0.39, 0.29) is 3.57 Å². The van der Waals surface area contributed by atoms with Gasteiger partial charge in [-0.05, 0) is 28.7 Å². The van der Waals surface area contributed by atoms with Gasteiger partial charge in [0.2, 0.25) is 0 Å². The number of carbonyl (C=O) groups is 1. The molecule has 18 heavy (non-hydrogen) atoms. The van der Waals surface area contributed by atoms with E-state index in [1.807, 2.05) is 0 Å². The van der Waals surface area contributed by atoms with E-state index in [1.165, 1.54) is 22.6 Å². The van der Waals surface area contributed by atoms with Crippen LogP contribution in [0.3, 0.4) is 0 Å². The molecule has 1 rings (SSSR count). The van der Waals surface area contributed by atoms with Gasteiger partial charge in [0, 0.05) is 9.13 Å². The van der Waals surface area contributed by atoms with Crippen LogP contribution in [0.1, 0.15) is 28.2 Å². The fraction of sp³-hybridized carbons (Fsp3) is 0.333. The molecule has 1 heterocycles. The summed E-state index contributed by atoms with van der Waals surface area (Å²) in [5.41, 5.74) is -3.69. The van der Waals surface area contributed by atoms with E-state index in [1.54, 1.807) is 0 Å². The Bertz CT molecular complexity index is 475. The van der Waals surface area contributed by atoms with Crippen molar-refractivity contribution in [1.82, 2.24) is 4.98 Å². The zero-order chi connectivity index (χ0) is 14.1. The van der Waals surface area contributed by atoms with Crippen LogP contribution in [0.15, 0.2) is 6.07 Å². The van der Waals surface area contributed by atoms with Crippen molar-refractivity contribution < 1.29 is 31.5 Å². The number of methoxy groups -OCH3 is 1. The third-order valence-electron chi connectivity index (χ3n) is 1.89. The van der Waals surface area contributed by atoms with E-state index in [4.69, 9.17) is 0 Å². The Morgan fingerprint density at radius 3 is 2.39 bits per heavy atom. The van der Waals surface area contributed by atoms with Gasteiger partial charge in [-0.3, -0.25) is 0 Å². The molecule has 0 radical (unpaired) electrons. The van der Waals surface area contributed by atoms with Gasteiger partial charge in [-0.1, -0.05) is 0 Å². The first kappa shape index (κ1) is 15.1. The minimum atomic E-state index is -5.07. The molecule has 0 aliphatic heterocycles. The minimum absolute atomic E-state index is 0.136. The largest absolute Gasteiger partial charge is 0.464 e. The first-order chi connectivity index (χ1) is 8.18. The molecule has 1 aromatic rings. The molecular weight excluding hydrogens is 376 g/mol. The summed E-state index contributed by atoms with van der Waals surface area (Å²) in [5, 5.41) is 0. The van der Waals surface area contributed by atoms with Gasteiger partial charge < -0.3 is 4.74 Å². The van der Waals surface area contributed by atoms with Gasteiger partial charge in [0.1, 0.15) is 0 Å². The fourth-order valence-corrected chi connectivity index (χ4v) is 1.81. The molecule has 0 saturated carbocycles. The molecule has 0 bridgehead atoms. The van der Waals surface area contributed by atoms with Crippen molar-refractivity contribution in [2.24, 2.45) is 0 Å². The van der Waals surface area contributed by atoms with Crippen LogP contribution in [0.25, 0.3) is 0 Å². The monoisotopic (exact) mass is 381 g/mol. The van der Waals surface area contributed by atoms with Gasteiger partial charge >= 0.3 is 12.1 Å². The van der Waals surface area contributed by atoms with E-state index in [0.29, 0.717) is 6.07 Å². The number of alkyl halides is 5. The molecular formula is C9H5F5INO2. The molecule has 0 aromatic carbocycles. The predicted octanol–water partition coefficient (Wildman–Crippen LogP) is 3.43. The van der Waals surface area contributed by atoms with E-state index in [2.05, 4.69) is 9.72 Å². The molecule has 0 aliphatic carbocycles. The lowest BCUT2D eigenvalue weighted by atomic mass is 10.1. The molecule has 0 aliphatic rings. The molecule has 100 valence electrons. The number of esters is 1. The number of nitrogens with zero attached hydrogens (tertiary/aromatic N) is 1. The van der Waals surface area contributed by atoms with Gasteiger partial charge in [-0.15, -0.1) is 0 Å². The van der Waals surface area contributed by atoms with Crippen LogP contribution in [0.5, 0.6) is 0 Å². The average molecular weight is 381 g/mol. The summed E-state index contributed by atoms with van der Waals surface area (Å²) in [6.45, 7) is 0. The van der Waals surface area contributed by atoms with Crippen LogP contribution in [-0.2, 0) is 10.9 Å². The number of ether oxygens (including phenoxy) is 1. The number of hydrogen-bond acceptors (Lipinski definition) is 3. The van der Waals surface area contributed by atoms with Crippen molar-refractivity contribution in [2.45, 2.75) is 12.6 Å². The van der Waals surface area contributed by atoms with E-state index < -0.39 is 35.5 Å². The van der Waals surface area contributed by atoms with E-state index >= 15 is 0 Å². The molecule has 0 N–H and O–H groups in total. The predicted molar refractivity (Wildman–Crippen MR) is 58.3 cm³/mol. The van der Waals surface area contributed by atoms with Gasteiger partial charge in [0.25, 0.3) is 6.43 Å². The maximum Gasteiger partial charge on any atom is 0.433 e. The highest BCUT2D eigenvalue weighted by atomic mass is 127. The van der Waals surface area contributed by atoms with Gasteiger partial charge in [-0.25, -0.2) is 18.6 Å². The molecule has 0 atom stereocenters. The highest BCUT2D eigenvalue weighted by molar-refractivity contribution is 14.1. The fourth-order valence-electron chi connectivity index (χ4n) is 1.14. The lowest BCUT2D eigenvalue weighted by Gasteiger charge is -2.13. The second kappa shape index (κ2) is 5.33. The lowest BCUT2D eigenvalue weighted by Crippen LogP contribution is -2.17. The Balaban J connectivity index is 3.51. The van der Waals surface area contributed by atoms with Gasteiger partial charge in [0.05, 0.1) is 7.11 Å². The quantitative estimate of drug-likeness (QED) is 0.448. The zero-order valence-corrected chi connectivity index (χ0v) is 10.8. The van der Waals surface area contributed by atoms with Crippen molar-refractivity contribution in [3.05, 3.63) is 26.6 Å². The Hall–Kier alpha value is -1.00. The highest BCUT2D eigenvalue weighted by Crippen LogP contribution is 2.36. The van der Waals surface area contributed by atoms with Crippen molar-refractivity contribution in [1.29, 1.82) is 0 Å². The summed E-state index contributed by atoms with van der Waals surface area (Å²) in [6, 6.07) is 0.577. The number of aromatic nitrogens is 1. The van der Waals surface area contributed by atoms with Gasteiger partial charge in [-0.2, -0.15) is 13.2 Å². The summed E-state index contributed by atoms with van der Waals surface area (Å²) in [7, 11) is 0.953. The van der Waals surface area contributed by atoms with Gasteiger partial charge in [0.15, 0.2) is 11.4 Å². The van der Waals surface area contributed by atoms with Crippen LogP contribution in [-0.4, -0.2) is 18.1 Å². The van der Waals surface area contributed by atoms with Crippen molar-refractivity contribution in [3.63, 3.8) is 0 Å². The summed E-state index contributed by atoms with van der Waals surface area (Å²) < 4.78 is 66.7. The van der Waals surface area contributed by atoms with Crippen LogP contribution in [0.4, 0.5) is 22.0 Å². The normalized spacial score (nSPS) is 11.8. The average Bonchev–Trinajstić information content (AvgIpc) is 2.25. The number of rotatable bonds is 2. The second-order valence-electron chi connectivity index (χ2n) is 3.05. The van der Waals surface area contributed by atoms with Crippen molar-refractivity contribution in [3.8, 4) is 0 Å². The summed E-state index contributed by atoms with van der Waals surface area (Å²) in [6.07, 6.45) is -8.41. The zero-order valence-electron chi connectivity index (χ0n) is 8.69. The van der Waals surface area contributed by atoms with Crippen LogP contribution < -0.4 is 0 Å². The molecule has 0 saturated heterocycles. The number of halogens is 6. The second-order valence-corrected chi connectivity index (χ2v) is 4.21. The van der Waals surface area contributed by atoms with E-state index in [0.717, 1.165) is 7.11 Å². The van der Waals surface area contributed by atoms with E-state index in [9.17, 15) is 26.7 Å². The highest BCUT2D eigenvalue weighted by Gasteiger charge is 2.39. The van der Waals surface area contributed by atoms with Crippen molar-refractivity contribution in [2.75, 3.05) is 7.11 Å². The smallest absolute Gasteiger partial charge is 0.433 e. The van der Waals surface area contributed by atoms with Crippen LogP contribution >= 0.6 is 22.6 Å². The third-order valence-corrected chi connectivity index (χ3v) is 2.71. The summed E-state index contributed by atoms with van der Waals surface area (Å²) in [4.78, 5) is 14.1. The molecule has 1 aromatic heterocycles. The Kier molecular flexibility index (Phi) is 4.46. The summed E-state index contributed by atoms with van der Waals surface area (Å²) >= 11 is 1.44. The first-order valence-corrected chi connectivity index (χ1v) is 5.40. The Morgan fingerprint density at radius 2 is 2.00 bits per heavy atom. The van der Waals surface area contributed by atoms with Crippen LogP contribution in [0, 0.1) is 3.57 Å². The van der Waals surface area contributed by atoms with Crippen molar-refractivity contribution >= 4 is 28.6 Å². The number of pyridine rings is 1. The molecule has 0 fully saturated rings. The minimum Gasteiger partial charge on any atom is -0.464 e. The number of carbonyl (C=O) groups excluding carboxylic acids is 1.